The van der Waals surface area contributed by atoms with Gasteiger partial charge >= 0.3 is 11.4 Å². The maximum atomic E-state index is 13.8. The highest BCUT2D eigenvalue weighted by atomic mass is 35.5. The number of fused-ring (bicyclic) bond motifs is 4. The van der Waals surface area contributed by atoms with E-state index in [-0.39, 0.29) is 35.3 Å². The van der Waals surface area contributed by atoms with Crippen molar-refractivity contribution in [2.45, 2.75) is 38.8 Å². The molecule has 1 saturated carbocycles. The Morgan fingerprint density at radius 2 is 1.76 bits per heavy atom. The standard InChI is InChI=1S/C28H24ClN3O5/c1-15-12-23(34)28(2)20(25(15)35)14-22-19(24(28)18-9-8-17(33)13-21(18)29)10-11-30-26(36)31(27(37)32(22)30)16-6-4-3-5-7-16/h3-10,12-13,20,22,24,33H,11,14H2,1-2H3/t20-,22+,24-,28-/m0/s1. The van der Waals surface area contributed by atoms with Crippen molar-refractivity contribution in [1.29, 1.82) is 0 Å². The van der Waals surface area contributed by atoms with Crippen molar-refractivity contribution < 1.29 is 14.7 Å². The number of halogens is 1. The van der Waals surface area contributed by atoms with E-state index in [0.29, 0.717) is 16.8 Å². The van der Waals surface area contributed by atoms with Crippen molar-refractivity contribution in [2.75, 3.05) is 0 Å². The minimum absolute atomic E-state index is 0.0211. The molecule has 0 amide bonds. The van der Waals surface area contributed by atoms with Gasteiger partial charge in [0.05, 0.1) is 23.7 Å². The van der Waals surface area contributed by atoms with Crippen molar-refractivity contribution in [3.8, 4) is 11.4 Å². The van der Waals surface area contributed by atoms with Crippen LogP contribution in [0.4, 0.5) is 0 Å². The van der Waals surface area contributed by atoms with Crippen LogP contribution in [0.15, 0.2) is 81.4 Å². The summed E-state index contributed by atoms with van der Waals surface area (Å²) in [6, 6.07) is 12.6. The van der Waals surface area contributed by atoms with Crippen LogP contribution < -0.4 is 11.4 Å². The van der Waals surface area contributed by atoms with E-state index in [9.17, 15) is 24.3 Å². The van der Waals surface area contributed by atoms with E-state index in [2.05, 4.69) is 0 Å². The van der Waals surface area contributed by atoms with Crippen LogP contribution in [0.1, 0.15) is 37.8 Å². The molecule has 37 heavy (non-hydrogen) atoms. The van der Waals surface area contributed by atoms with Gasteiger partial charge in [0.2, 0.25) is 0 Å². The number of carbonyl (C=O) groups excluding carboxylic acids is 2. The number of nitrogens with zero attached hydrogens (tertiary/aromatic N) is 3. The zero-order valence-corrected chi connectivity index (χ0v) is 21.0. The van der Waals surface area contributed by atoms with Gasteiger partial charge in [0, 0.05) is 16.9 Å². The van der Waals surface area contributed by atoms with Gasteiger partial charge in [-0.05, 0) is 60.4 Å². The Labute approximate surface area is 216 Å². The van der Waals surface area contributed by atoms with Crippen LogP contribution in [0.2, 0.25) is 5.02 Å². The maximum Gasteiger partial charge on any atom is 0.352 e. The fourth-order valence-corrected chi connectivity index (χ4v) is 6.72. The van der Waals surface area contributed by atoms with E-state index >= 15 is 0 Å². The Balaban J connectivity index is 1.61. The molecule has 3 aromatic rings. The lowest BCUT2D eigenvalue weighted by molar-refractivity contribution is -0.139. The molecule has 6 rings (SSSR count). The van der Waals surface area contributed by atoms with Crippen molar-refractivity contribution in [2.24, 2.45) is 11.3 Å². The second kappa shape index (κ2) is 8.05. The van der Waals surface area contributed by atoms with Gasteiger partial charge in [-0.25, -0.2) is 23.5 Å². The summed E-state index contributed by atoms with van der Waals surface area (Å²) in [5.41, 5.74) is 0.0472. The third-order valence-corrected chi connectivity index (χ3v) is 8.58. The summed E-state index contributed by atoms with van der Waals surface area (Å²) in [6.07, 6.45) is 3.47. The molecule has 2 aromatic carbocycles. The Hall–Kier alpha value is -3.91. The molecule has 0 unspecified atom stereocenters. The number of para-hydroxylation sites is 1. The Bertz CT molecular complexity index is 1680. The molecule has 0 spiro atoms. The highest BCUT2D eigenvalue weighted by molar-refractivity contribution is 6.31. The van der Waals surface area contributed by atoms with Gasteiger partial charge in [0.15, 0.2) is 11.6 Å². The van der Waals surface area contributed by atoms with Gasteiger partial charge in [-0.3, -0.25) is 9.59 Å². The molecule has 1 aromatic heterocycles. The topological polar surface area (TPSA) is 103 Å². The molecule has 1 aliphatic heterocycles. The summed E-state index contributed by atoms with van der Waals surface area (Å²) >= 11 is 6.61. The molecule has 1 N–H and O–H groups in total. The molecule has 2 heterocycles. The number of ketones is 2. The first-order chi connectivity index (χ1) is 17.6. The Morgan fingerprint density at radius 3 is 2.46 bits per heavy atom. The summed E-state index contributed by atoms with van der Waals surface area (Å²) in [5, 5.41) is 10.2. The highest BCUT2D eigenvalue weighted by Crippen LogP contribution is 2.60. The zero-order valence-electron chi connectivity index (χ0n) is 20.2. The third kappa shape index (κ3) is 3.15. The van der Waals surface area contributed by atoms with Crippen molar-refractivity contribution in [3.63, 3.8) is 0 Å². The van der Waals surface area contributed by atoms with Crippen LogP contribution in [-0.2, 0) is 16.1 Å². The number of aromatic hydroxyl groups is 1. The lowest BCUT2D eigenvalue weighted by Crippen LogP contribution is -2.54. The summed E-state index contributed by atoms with van der Waals surface area (Å²) in [4.78, 5) is 54.3. The number of phenols is 1. The highest BCUT2D eigenvalue weighted by Gasteiger charge is 2.59. The summed E-state index contributed by atoms with van der Waals surface area (Å²) < 4.78 is 3.95. The Kier molecular flexibility index (Phi) is 5.11. The SMILES string of the molecule is CC1=CC(=O)[C@@]2(C)[C@@H](c3ccc(O)cc3Cl)C3=CCn4c(=O)n(-c5ccccc5)c(=O)n4[C@@H]3C[C@H]2C1=O. The number of aromatic nitrogens is 3. The number of hydrogen-bond acceptors (Lipinski definition) is 5. The maximum absolute atomic E-state index is 13.8. The first-order valence-corrected chi connectivity index (χ1v) is 12.5. The molecule has 0 radical (unpaired) electrons. The normalized spacial score (nSPS) is 26.6. The number of allylic oxidation sites excluding steroid dienone is 4. The number of Topliss-reactive ketones (excluding diaryl/α,β-unsaturated/α-hetero) is 1. The molecule has 9 heteroatoms. The van der Waals surface area contributed by atoms with Crippen molar-refractivity contribution in [3.05, 3.63) is 103 Å². The quantitative estimate of drug-likeness (QED) is 0.524. The minimum atomic E-state index is -1.15. The first kappa shape index (κ1) is 23.5. The average molecular weight is 518 g/mol. The lowest BCUT2D eigenvalue weighted by Gasteiger charge is -2.52. The third-order valence-electron chi connectivity index (χ3n) is 8.25. The molecule has 4 atom stereocenters. The van der Waals surface area contributed by atoms with E-state index in [1.807, 2.05) is 6.08 Å². The van der Waals surface area contributed by atoms with Gasteiger partial charge in [-0.1, -0.05) is 48.9 Å². The van der Waals surface area contributed by atoms with E-state index in [0.717, 1.165) is 10.1 Å². The molecule has 3 aliphatic rings. The summed E-state index contributed by atoms with van der Waals surface area (Å²) in [7, 11) is 0. The van der Waals surface area contributed by atoms with Crippen molar-refractivity contribution in [1.82, 2.24) is 13.9 Å². The smallest absolute Gasteiger partial charge is 0.352 e. The molecular weight excluding hydrogens is 494 g/mol. The van der Waals surface area contributed by atoms with Gasteiger partial charge in [0.25, 0.3) is 0 Å². The molecule has 2 aliphatic carbocycles. The molecule has 8 nitrogen and oxygen atoms in total. The summed E-state index contributed by atoms with van der Waals surface area (Å²) in [5.74, 6) is -1.72. The Morgan fingerprint density at radius 1 is 1.03 bits per heavy atom. The molecule has 0 bridgehead atoms. The van der Waals surface area contributed by atoms with Crippen LogP contribution in [0, 0.1) is 11.3 Å². The van der Waals surface area contributed by atoms with E-state index in [1.54, 1.807) is 50.2 Å². The number of hydrogen-bond donors (Lipinski definition) is 1. The van der Waals surface area contributed by atoms with Gasteiger partial charge in [0.1, 0.15) is 5.75 Å². The van der Waals surface area contributed by atoms with Gasteiger partial charge in [-0.2, -0.15) is 0 Å². The molecular formula is C28H24ClN3O5. The van der Waals surface area contributed by atoms with Crippen LogP contribution in [0.25, 0.3) is 5.69 Å². The zero-order chi connectivity index (χ0) is 26.2. The van der Waals surface area contributed by atoms with Crippen LogP contribution in [0.3, 0.4) is 0 Å². The number of phenolic OH excluding ortho intramolecular Hbond substituents is 1. The average Bonchev–Trinajstić information content (AvgIpc) is 3.13. The second-order valence-electron chi connectivity index (χ2n) is 10.1. The monoisotopic (exact) mass is 517 g/mol. The fourth-order valence-electron chi connectivity index (χ4n) is 6.44. The van der Waals surface area contributed by atoms with E-state index in [4.69, 9.17) is 11.6 Å². The van der Waals surface area contributed by atoms with Gasteiger partial charge < -0.3 is 5.11 Å². The van der Waals surface area contributed by atoms with Crippen LogP contribution in [0.5, 0.6) is 5.75 Å². The first-order valence-electron chi connectivity index (χ1n) is 12.1. The number of carbonyl (C=O) groups is 2. The van der Waals surface area contributed by atoms with E-state index in [1.165, 1.54) is 27.6 Å². The molecule has 1 fully saturated rings. The minimum Gasteiger partial charge on any atom is -0.508 e. The molecule has 188 valence electrons. The largest absolute Gasteiger partial charge is 0.508 e. The molecule has 0 saturated heterocycles. The number of rotatable bonds is 2. The van der Waals surface area contributed by atoms with Crippen molar-refractivity contribution >= 4 is 23.2 Å². The predicted molar refractivity (Wildman–Crippen MR) is 137 cm³/mol. The lowest BCUT2D eigenvalue weighted by atomic mass is 9.51. The number of benzene rings is 2. The fraction of sp³-hybridized carbons (Fsp3) is 0.286. The van der Waals surface area contributed by atoms with E-state index < -0.39 is 34.7 Å². The summed E-state index contributed by atoms with van der Waals surface area (Å²) in [6.45, 7) is 3.54. The van der Waals surface area contributed by atoms with Gasteiger partial charge in [-0.15, -0.1) is 0 Å². The van der Waals surface area contributed by atoms with Crippen LogP contribution in [-0.4, -0.2) is 30.6 Å². The second-order valence-corrected chi connectivity index (χ2v) is 10.6. The predicted octanol–water partition coefficient (Wildman–Crippen LogP) is 3.55. The van der Waals surface area contributed by atoms with Crippen LogP contribution >= 0.6 is 11.6 Å².